The lowest BCUT2D eigenvalue weighted by atomic mass is 10.0. The van der Waals surface area contributed by atoms with Gasteiger partial charge in [-0.15, -0.1) is 11.8 Å². The Morgan fingerprint density at radius 3 is 2.43 bits per heavy atom. The van der Waals surface area contributed by atoms with Crippen molar-refractivity contribution in [2.24, 2.45) is 0 Å². The summed E-state index contributed by atoms with van der Waals surface area (Å²) >= 11 is 1.56. The van der Waals surface area contributed by atoms with Gasteiger partial charge >= 0.3 is 0 Å². The first-order valence-electron chi connectivity index (χ1n) is 8.83. The van der Waals surface area contributed by atoms with Gasteiger partial charge in [0.15, 0.2) is 0 Å². The molecule has 0 aliphatic heterocycles. The molecule has 2 aromatic rings. The zero-order chi connectivity index (χ0) is 20.9. The Bertz CT molecular complexity index is 943. The highest BCUT2D eigenvalue weighted by Gasteiger charge is 2.26. The van der Waals surface area contributed by atoms with Crippen LogP contribution in [0.15, 0.2) is 52.3 Å². The Balaban J connectivity index is 2.20. The van der Waals surface area contributed by atoms with Crippen LogP contribution in [0.25, 0.3) is 0 Å². The molecule has 0 saturated carbocycles. The smallest absolute Gasteiger partial charge is 0.244 e. The third kappa shape index (κ3) is 5.50. The summed E-state index contributed by atoms with van der Waals surface area (Å²) in [6, 6.07) is 11.4. The van der Waals surface area contributed by atoms with Crippen LogP contribution in [0.2, 0.25) is 0 Å². The second kappa shape index (κ2) is 9.45. The van der Waals surface area contributed by atoms with E-state index >= 15 is 0 Å². The first-order chi connectivity index (χ1) is 13.2. The van der Waals surface area contributed by atoms with Crippen LogP contribution in [0, 0.1) is 0 Å². The molecule has 0 radical (unpaired) electrons. The minimum absolute atomic E-state index is 0.0187. The van der Waals surface area contributed by atoms with E-state index in [1.807, 2.05) is 44.4 Å². The van der Waals surface area contributed by atoms with Crippen LogP contribution in [-0.4, -0.2) is 33.7 Å². The van der Waals surface area contributed by atoms with Crippen molar-refractivity contribution >= 4 is 33.4 Å². The van der Waals surface area contributed by atoms with Crippen LogP contribution in [0.4, 0.5) is 5.69 Å². The number of amides is 1. The fraction of sp³-hybridized carbons (Fsp3) is 0.350. The van der Waals surface area contributed by atoms with Crippen molar-refractivity contribution in [2.75, 3.05) is 18.7 Å². The minimum Gasteiger partial charge on any atom is -0.495 e. The zero-order valence-electron chi connectivity index (χ0n) is 16.6. The SMILES string of the molecule is COc1ccc(C(C)C)cc1S(=O)(=O)NC(C)C(=O)Nc1cccc(SC)c1. The summed E-state index contributed by atoms with van der Waals surface area (Å²) in [6.07, 6.45) is 1.94. The second-order valence-corrected chi connectivity index (χ2v) is 9.19. The number of hydrogen-bond acceptors (Lipinski definition) is 5. The van der Waals surface area contributed by atoms with Gasteiger partial charge < -0.3 is 10.1 Å². The van der Waals surface area contributed by atoms with Gasteiger partial charge in [0.1, 0.15) is 10.6 Å². The van der Waals surface area contributed by atoms with Crippen molar-refractivity contribution < 1.29 is 17.9 Å². The summed E-state index contributed by atoms with van der Waals surface area (Å²) in [5.74, 6) is -0.0534. The number of hydrogen-bond donors (Lipinski definition) is 2. The molecule has 0 bridgehead atoms. The number of carbonyl (C=O) groups is 1. The van der Waals surface area contributed by atoms with E-state index in [0.29, 0.717) is 5.69 Å². The van der Waals surface area contributed by atoms with Gasteiger partial charge in [0, 0.05) is 10.6 Å². The van der Waals surface area contributed by atoms with Gasteiger partial charge in [-0.05, 0) is 55.0 Å². The molecule has 1 amide bonds. The number of carbonyl (C=O) groups excluding carboxylic acids is 1. The zero-order valence-corrected chi connectivity index (χ0v) is 18.3. The quantitative estimate of drug-likeness (QED) is 0.631. The van der Waals surface area contributed by atoms with Crippen molar-refractivity contribution in [3.8, 4) is 5.75 Å². The maximum absolute atomic E-state index is 12.9. The number of rotatable bonds is 8. The highest BCUT2D eigenvalue weighted by atomic mass is 32.2. The molecular weight excluding hydrogens is 396 g/mol. The molecule has 0 aromatic heterocycles. The van der Waals surface area contributed by atoms with Crippen LogP contribution in [0.5, 0.6) is 5.75 Å². The molecule has 1 atom stereocenters. The van der Waals surface area contributed by atoms with Crippen molar-refractivity contribution in [3.05, 3.63) is 48.0 Å². The Morgan fingerprint density at radius 2 is 1.82 bits per heavy atom. The topological polar surface area (TPSA) is 84.5 Å². The van der Waals surface area contributed by atoms with Gasteiger partial charge in [0.05, 0.1) is 13.2 Å². The average Bonchev–Trinajstić information content (AvgIpc) is 2.67. The molecular formula is C20H26N2O4S2. The Kier molecular flexibility index (Phi) is 7.51. The summed E-state index contributed by atoms with van der Waals surface area (Å²) in [7, 11) is -2.53. The predicted molar refractivity (Wildman–Crippen MR) is 114 cm³/mol. The number of ether oxygens (including phenoxy) is 1. The molecule has 2 rings (SSSR count). The number of nitrogens with one attached hydrogen (secondary N) is 2. The Hall–Kier alpha value is -2.03. The predicted octanol–water partition coefficient (Wildman–Crippen LogP) is 3.85. The van der Waals surface area contributed by atoms with Crippen molar-refractivity contribution in [1.82, 2.24) is 4.72 Å². The van der Waals surface area contributed by atoms with Gasteiger partial charge in [-0.3, -0.25) is 4.79 Å². The molecule has 2 aromatic carbocycles. The Labute approximate surface area is 171 Å². The monoisotopic (exact) mass is 422 g/mol. The molecule has 8 heteroatoms. The van der Waals surface area contributed by atoms with E-state index < -0.39 is 22.0 Å². The van der Waals surface area contributed by atoms with E-state index in [1.165, 1.54) is 14.0 Å². The van der Waals surface area contributed by atoms with Gasteiger partial charge in [-0.1, -0.05) is 26.0 Å². The largest absolute Gasteiger partial charge is 0.495 e. The van der Waals surface area contributed by atoms with Gasteiger partial charge in [-0.2, -0.15) is 4.72 Å². The standard InChI is InChI=1S/C20H26N2O4S2/c1-13(2)15-9-10-18(26-4)19(11-15)28(24,25)22-14(3)20(23)21-16-7-6-8-17(12-16)27-5/h6-14,22H,1-5H3,(H,21,23). The highest BCUT2D eigenvalue weighted by Crippen LogP contribution is 2.28. The molecule has 0 spiro atoms. The van der Waals surface area contributed by atoms with Crippen molar-refractivity contribution in [1.29, 1.82) is 0 Å². The van der Waals surface area contributed by atoms with Crippen LogP contribution in [0.1, 0.15) is 32.3 Å². The summed E-state index contributed by atoms with van der Waals surface area (Å²) in [5.41, 5.74) is 1.48. The number of anilines is 1. The molecule has 6 nitrogen and oxygen atoms in total. The second-order valence-electron chi connectivity index (χ2n) is 6.63. The van der Waals surface area contributed by atoms with Crippen molar-refractivity contribution in [2.45, 2.75) is 42.5 Å². The van der Waals surface area contributed by atoms with Crippen LogP contribution in [0.3, 0.4) is 0 Å². The van der Waals surface area contributed by atoms with E-state index in [0.717, 1.165) is 10.5 Å². The molecule has 1 unspecified atom stereocenters. The summed E-state index contributed by atoms with van der Waals surface area (Å²) in [5, 5.41) is 2.74. The maximum atomic E-state index is 12.9. The lowest BCUT2D eigenvalue weighted by Gasteiger charge is -2.17. The maximum Gasteiger partial charge on any atom is 0.244 e. The van der Waals surface area contributed by atoms with Crippen LogP contribution < -0.4 is 14.8 Å². The lowest BCUT2D eigenvalue weighted by molar-refractivity contribution is -0.117. The molecule has 28 heavy (non-hydrogen) atoms. The fourth-order valence-electron chi connectivity index (χ4n) is 2.56. The number of benzene rings is 2. The summed E-state index contributed by atoms with van der Waals surface area (Å²) < 4.78 is 33.4. The Morgan fingerprint density at radius 1 is 1.11 bits per heavy atom. The fourth-order valence-corrected chi connectivity index (χ4v) is 4.43. The van der Waals surface area contributed by atoms with Crippen molar-refractivity contribution in [3.63, 3.8) is 0 Å². The van der Waals surface area contributed by atoms with Crippen LogP contribution >= 0.6 is 11.8 Å². The first-order valence-corrected chi connectivity index (χ1v) is 11.5. The molecule has 2 N–H and O–H groups in total. The third-order valence-corrected chi connectivity index (χ3v) is 6.49. The number of methoxy groups -OCH3 is 1. The van der Waals surface area contributed by atoms with E-state index in [-0.39, 0.29) is 16.6 Å². The van der Waals surface area contributed by atoms with Gasteiger partial charge in [0.25, 0.3) is 0 Å². The molecule has 0 aliphatic rings. The minimum atomic E-state index is -3.95. The summed E-state index contributed by atoms with van der Waals surface area (Å²) in [4.78, 5) is 13.5. The molecule has 0 saturated heterocycles. The lowest BCUT2D eigenvalue weighted by Crippen LogP contribution is -2.41. The average molecular weight is 423 g/mol. The van der Waals surface area contributed by atoms with Gasteiger partial charge in [0.2, 0.25) is 15.9 Å². The molecule has 0 fully saturated rings. The van der Waals surface area contributed by atoms with E-state index in [9.17, 15) is 13.2 Å². The van der Waals surface area contributed by atoms with E-state index in [2.05, 4.69) is 10.0 Å². The molecule has 0 aliphatic carbocycles. The van der Waals surface area contributed by atoms with Crippen LogP contribution in [-0.2, 0) is 14.8 Å². The number of sulfonamides is 1. The highest BCUT2D eigenvalue weighted by molar-refractivity contribution is 7.98. The van der Waals surface area contributed by atoms with E-state index in [1.54, 1.807) is 30.0 Å². The first kappa shape index (κ1) is 22.3. The van der Waals surface area contributed by atoms with Gasteiger partial charge in [-0.25, -0.2) is 8.42 Å². The van der Waals surface area contributed by atoms with E-state index in [4.69, 9.17) is 4.74 Å². The normalized spacial score (nSPS) is 12.6. The summed E-state index contributed by atoms with van der Waals surface area (Å²) in [6.45, 7) is 5.46. The third-order valence-electron chi connectivity index (χ3n) is 4.21. The number of thioether (sulfide) groups is 1. The molecule has 0 heterocycles. The molecule has 152 valence electrons.